The predicted octanol–water partition coefficient (Wildman–Crippen LogP) is 3.47. The highest BCUT2D eigenvalue weighted by Gasteiger charge is 2.35. The molecule has 0 unspecified atom stereocenters. The van der Waals surface area contributed by atoms with Crippen LogP contribution in [0.4, 0.5) is 0 Å². The number of nitrogens with one attached hydrogen (secondary N) is 2. The second-order valence-electron chi connectivity index (χ2n) is 7.26. The Balaban J connectivity index is 2.12. The fourth-order valence-electron chi connectivity index (χ4n) is 3.75. The summed E-state index contributed by atoms with van der Waals surface area (Å²) < 4.78 is 0. The number of aryl methyl sites for hydroxylation is 1. The smallest absolute Gasteiger partial charge is 0.0459 e. The number of piperazine rings is 1. The third kappa shape index (κ3) is 2.72. The molecule has 3 nitrogen and oxygen atoms in total. The van der Waals surface area contributed by atoms with Crippen molar-refractivity contribution in [1.82, 2.24) is 15.2 Å². The van der Waals surface area contributed by atoms with Gasteiger partial charge in [0.15, 0.2) is 0 Å². The average Bonchev–Trinajstić information content (AvgIpc) is 2.76. The molecule has 21 heavy (non-hydrogen) atoms. The Kier molecular flexibility index (Phi) is 3.80. The Labute approximate surface area is 127 Å². The molecule has 0 bridgehead atoms. The Bertz CT molecular complexity index is 615. The molecule has 1 aliphatic heterocycles. The van der Waals surface area contributed by atoms with E-state index >= 15 is 0 Å². The van der Waals surface area contributed by atoms with Gasteiger partial charge in [-0.2, -0.15) is 0 Å². The van der Waals surface area contributed by atoms with Gasteiger partial charge in [0, 0.05) is 48.8 Å². The summed E-state index contributed by atoms with van der Waals surface area (Å²) >= 11 is 0. The molecule has 0 spiro atoms. The highest BCUT2D eigenvalue weighted by atomic mass is 15.2. The maximum Gasteiger partial charge on any atom is 0.0459 e. The Hall–Kier alpha value is -1.32. The van der Waals surface area contributed by atoms with E-state index in [-0.39, 0.29) is 5.41 Å². The Morgan fingerprint density at radius 2 is 1.76 bits per heavy atom. The molecule has 3 heteroatoms. The maximum atomic E-state index is 3.58. The lowest BCUT2D eigenvalue weighted by Crippen LogP contribution is -2.48. The van der Waals surface area contributed by atoms with Gasteiger partial charge in [-0.15, -0.1) is 0 Å². The first-order valence-corrected chi connectivity index (χ1v) is 8.00. The van der Waals surface area contributed by atoms with Gasteiger partial charge < -0.3 is 10.3 Å². The van der Waals surface area contributed by atoms with Crippen LogP contribution in [-0.4, -0.2) is 36.1 Å². The zero-order valence-corrected chi connectivity index (χ0v) is 13.7. The molecule has 1 aromatic heterocycles. The molecule has 1 saturated heterocycles. The second-order valence-corrected chi connectivity index (χ2v) is 7.26. The highest BCUT2D eigenvalue weighted by molar-refractivity contribution is 5.85. The van der Waals surface area contributed by atoms with Gasteiger partial charge in [0.2, 0.25) is 0 Å². The normalized spacial score (nSPS) is 19.0. The van der Waals surface area contributed by atoms with Crippen molar-refractivity contribution in [2.24, 2.45) is 5.41 Å². The molecule has 0 saturated carbocycles. The van der Waals surface area contributed by atoms with Crippen molar-refractivity contribution in [2.75, 3.05) is 26.2 Å². The largest absolute Gasteiger partial charge is 0.358 e. The van der Waals surface area contributed by atoms with Gasteiger partial charge in [-0.05, 0) is 24.0 Å². The third-order valence-corrected chi connectivity index (χ3v) is 4.55. The monoisotopic (exact) mass is 285 g/mol. The van der Waals surface area contributed by atoms with Crippen LogP contribution in [0, 0.1) is 12.3 Å². The summed E-state index contributed by atoms with van der Waals surface area (Å²) in [5.74, 6) is 0. The number of rotatable bonds is 2. The predicted molar refractivity (Wildman–Crippen MR) is 89.7 cm³/mol. The molecule has 0 amide bonds. The summed E-state index contributed by atoms with van der Waals surface area (Å²) in [6, 6.07) is 9.16. The van der Waals surface area contributed by atoms with E-state index in [0.717, 1.165) is 26.2 Å². The van der Waals surface area contributed by atoms with Crippen LogP contribution < -0.4 is 5.32 Å². The van der Waals surface area contributed by atoms with Crippen LogP contribution in [0.1, 0.15) is 38.1 Å². The molecule has 114 valence electrons. The highest BCUT2D eigenvalue weighted by Crippen LogP contribution is 2.42. The van der Waals surface area contributed by atoms with E-state index < -0.39 is 0 Å². The second kappa shape index (κ2) is 5.47. The lowest BCUT2D eigenvalue weighted by atomic mass is 9.80. The summed E-state index contributed by atoms with van der Waals surface area (Å²) in [6.45, 7) is 13.7. The van der Waals surface area contributed by atoms with Crippen LogP contribution in [0.15, 0.2) is 24.3 Å². The molecule has 0 aliphatic carbocycles. The zero-order valence-electron chi connectivity index (χ0n) is 13.7. The first-order chi connectivity index (χ1) is 9.98. The zero-order chi connectivity index (χ0) is 15.0. The number of hydrogen-bond acceptors (Lipinski definition) is 2. The number of para-hydroxylation sites is 1. The standard InChI is InChI=1S/C18H27N3/c1-13-16(14-7-5-6-8-15(14)20-13)17(18(2,3)4)21-11-9-19-10-12-21/h5-8,17,19-20H,9-12H2,1-4H3/t17-/m0/s1. The van der Waals surface area contributed by atoms with Crippen LogP contribution in [0.3, 0.4) is 0 Å². The van der Waals surface area contributed by atoms with Crippen LogP contribution in [0.25, 0.3) is 10.9 Å². The van der Waals surface area contributed by atoms with Crippen LogP contribution >= 0.6 is 0 Å². The van der Waals surface area contributed by atoms with Crippen LogP contribution in [0.2, 0.25) is 0 Å². The summed E-state index contributed by atoms with van der Waals surface area (Å²) in [7, 11) is 0. The molecule has 2 N–H and O–H groups in total. The lowest BCUT2D eigenvalue weighted by molar-refractivity contribution is 0.0868. The molecular weight excluding hydrogens is 258 g/mol. The van der Waals surface area contributed by atoms with Crippen molar-refractivity contribution in [3.63, 3.8) is 0 Å². The molecule has 1 aliphatic rings. The van der Waals surface area contributed by atoms with E-state index in [1.807, 2.05) is 0 Å². The van der Waals surface area contributed by atoms with Gasteiger partial charge in [-0.3, -0.25) is 4.90 Å². The van der Waals surface area contributed by atoms with E-state index in [2.05, 4.69) is 67.2 Å². The maximum absolute atomic E-state index is 3.58. The first-order valence-electron chi connectivity index (χ1n) is 8.00. The SMILES string of the molecule is Cc1[nH]c2ccccc2c1[C@H](N1CCNCC1)C(C)(C)C. The fourth-order valence-corrected chi connectivity index (χ4v) is 3.75. The van der Waals surface area contributed by atoms with Gasteiger partial charge in [0.1, 0.15) is 0 Å². The van der Waals surface area contributed by atoms with E-state index in [4.69, 9.17) is 0 Å². The Morgan fingerprint density at radius 3 is 2.43 bits per heavy atom. The molecular formula is C18H27N3. The number of nitrogens with zero attached hydrogens (tertiary/aromatic N) is 1. The summed E-state index contributed by atoms with van der Waals surface area (Å²) in [5, 5.41) is 4.85. The van der Waals surface area contributed by atoms with Crippen molar-refractivity contribution in [1.29, 1.82) is 0 Å². The molecule has 2 aromatic rings. The van der Waals surface area contributed by atoms with Crippen molar-refractivity contribution in [2.45, 2.75) is 33.7 Å². The van der Waals surface area contributed by atoms with Crippen LogP contribution in [-0.2, 0) is 0 Å². The minimum Gasteiger partial charge on any atom is -0.358 e. The van der Waals surface area contributed by atoms with Crippen molar-refractivity contribution < 1.29 is 0 Å². The molecule has 3 rings (SSSR count). The summed E-state index contributed by atoms with van der Waals surface area (Å²) in [4.78, 5) is 6.23. The van der Waals surface area contributed by atoms with Crippen molar-refractivity contribution >= 4 is 10.9 Å². The van der Waals surface area contributed by atoms with Gasteiger partial charge in [0.05, 0.1) is 0 Å². The molecule has 0 radical (unpaired) electrons. The summed E-state index contributed by atoms with van der Waals surface area (Å²) in [5.41, 5.74) is 4.27. The topological polar surface area (TPSA) is 31.1 Å². The van der Waals surface area contributed by atoms with Crippen molar-refractivity contribution in [3.05, 3.63) is 35.5 Å². The number of fused-ring (bicyclic) bond motifs is 1. The quantitative estimate of drug-likeness (QED) is 0.885. The van der Waals surface area contributed by atoms with E-state index in [0.29, 0.717) is 6.04 Å². The minimum absolute atomic E-state index is 0.215. The number of aromatic nitrogens is 1. The molecule has 1 atom stereocenters. The minimum atomic E-state index is 0.215. The van der Waals surface area contributed by atoms with E-state index in [9.17, 15) is 0 Å². The van der Waals surface area contributed by atoms with E-state index in [1.165, 1.54) is 22.2 Å². The Morgan fingerprint density at radius 1 is 1.10 bits per heavy atom. The summed E-state index contributed by atoms with van der Waals surface area (Å²) in [6.07, 6.45) is 0. The van der Waals surface area contributed by atoms with Crippen molar-refractivity contribution in [3.8, 4) is 0 Å². The third-order valence-electron chi connectivity index (χ3n) is 4.55. The first kappa shape index (κ1) is 14.6. The number of aromatic amines is 1. The molecule has 1 fully saturated rings. The number of benzene rings is 1. The lowest BCUT2D eigenvalue weighted by Gasteiger charge is -2.42. The molecule has 2 heterocycles. The average molecular weight is 285 g/mol. The van der Waals surface area contributed by atoms with Crippen LogP contribution in [0.5, 0.6) is 0 Å². The van der Waals surface area contributed by atoms with Gasteiger partial charge in [0.25, 0.3) is 0 Å². The van der Waals surface area contributed by atoms with Gasteiger partial charge in [-0.25, -0.2) is 0 Å². The fraction of sp³-hybridized carbons (Fsp3) is 0.556. The van der Waals surface area contributed by atoms with Gasteiger partial charge >= 0.3 is 0 Å². The van der Waals surface area contributed by atoms with Gasteiger partial charge in [-0.1, -0.05) is 39.0 Å². The van der Waals surface area contributed by atoms with E-state index in [1.54, 1.807) is 0 Å². The number of hydrogen-bond donors (Lipinski definition) is 2. The molecule has 1 aromatic carbocycles. The number of H-pyrrole nitrogens is 1.